The highest BCUT2D eigenvalue weighted by Crippen LogP contribution is 2.30. The van der Waals surface area contributed by atoms with E-state index in [1.807, 2.05) is 0 Å². The van der Waals surface area contributed by atoms with E-state index in [0.717, 1.165) is 6.08 Å². The average molecular weight is 356 g/mol. The Labute approximate surface area is 149 Å². The Balaban J connectivity index is 2.27. The van der Waals surface area contributed by atoms with Gasteiger partial charge < -0.3 is 19.7 Å². The molecule has 7 nitrogen and oxygen atoms in total. The Morgan fingerprint density at radius 2 is 1.77 bits per heavy atom. The first-order valence-electron chi connectivity index (χ1n) is 7.49. The van der Waals surface area contributed by atoms with Crippen molar-refractivity contribution < 1.29 is 34.1 Å². The molecule has 0 bridgehead atoms. The number of hydrogen-bond donors (Lipinski definition) is 2. The molecule has 0 unspecified atom stereocenters. The lowest BCUT2D eigenvalue weighted by atomic mass is 10.00. The number of aliphatic carboxylic acids is 1. The van der Waals surface area contributed by atoms with Gasteiger partial charge in [-0.2, -0.15) is 0 Å². The molecule has 0 saturated carbocycles. The fraction of sp³-hybridized carbons (Fsp3) is 0.105. The minimum atomic E-state index is -1.28. The van der Waals surface area contributed by atoms with Gasteiger partial charge in [-0.15, -0.1) is 0 Å². The van der Waals surface area contributed by atoms with Gasteiger partial charge in [-0.05, 0) is 6.07 Å². The van der Waals surface area contributed by atoms with Crippen molar-refractivity contribution in [2.75, 3.05) is 7.11 Å². The molecule has 0 fully saturated rings. The summed E-state index contributed by atoms with van der Waals surface area (Å²) in [5.41, 5.74) is 0.770. The van der Waals surface area contributed by atoms with E-state index in [1.165, 1.54) is 19.2 Å². The van der Waals surface area contributed by atoms with Gasteiger partial charge in [0.05, 0.1) is 12.7 Å². The molecule has 0 aliphatic carbocycles. The van der Waals surface area contributed by atoms with Gasteiger partial charge in [0.1, 0.15) is 18.1 Å². The second-order valence-electron chi connectivity index (χ2n) is 5.16. The zero-order valence-corrected chi connectivity index (χ0v) is 13.8. The first kappa shape index (κ1) is 18.7. The molecule has 0 spiro atoms. The van der Waals surface area contributed by atoms with Crippen LogP contribution in [0.1, 0.15) is 21.5 Å². The molecule has 2 aromatic rings. The molecular weight excluding hydrogens is 340 g/mol. The number of benzene rings is 2. The van der Waals surface area contributed by atoms with E-state index >= 15 is 0 Å². The lowest BCUT2D eigenvalue weighted by Gasteiger charge is -2.12. The number of phenols is 1. The number of ketones is 1. The molecule has 0 aliphatic heterocycles. The van der Waals surface area contributed by atoms with Crippen LogP contribution in [0.25, 0.3) is 0 Å². The number of methoxy groups -OCH3 is 1. The largest absolute Gasteiger partial charge is 0.507 e. The van der Waals surface area contributed by atoms with E-state index in [-0.39, 0.29) is 23.7 Å². The Morgan fingerprint density at radius 3 is 2.38 bits per heavy atom. The molecule has 2 rings (SSSR count). The van der Waals surface area contributed by atoms with Crippen LogP contribution in [0.5, 0.6) is 11.5 Å². The third kappa shape index (κ3) is 4.70. The molecule has 0 radical (unpaired) electrons. The molecule has 0 aliphatic rings. The Kier molecular flexibility index (Phi) is 6.10. The Hall–Kier alpha value is -3.61. The zero-order valence-electron chi connectivity index (χ0n) is 13.8. The van der Waals surface area contributed by atoms with Gasteiger partial charge in [-0.1, -0.05) is 30.3 Å². The summed E-state index contributed by atoms with van der Waals surface area (Å²) in [6.45, 7) is -0.263. The maximum Gasteiger partial charge on any atom is 0.331 e. The van der Waals surface area contributed by atoms with Crippen molar-refractivity contribution in [3.63, 3.8) is 0 Å². The minimum Gasteiger partial charge on any atom is -0.507 e. The summed E-state index contributed by atoms with van der Waals surface area (Å²) in [5, 5.41) is 18.6. The number of carbonyl (C=O) groups excluding carboxylic acids is 2. The van der Waals surface area contributed by atoms with Gasteiger partial charge in [0.15, 0.2) is 5.78 Å². The number of rotatable bonds is 7. The molecule has 26 heavy (non-hydrogen) atoms. The van der Waals surface area contributed by atoms with Crippen LogP contribution in [0.15, 0.2) is 54.6 Å². The third-order valence-electron chi connectivity index (χ3n) is 3.41. The van der Waals surface area contributed by atoms with Crippen LogP contribution >= 0.6 is 0 Å². The summed E-state index contributed by atoms with van der Waals surface area (Å²) in [5.74, 6) is -2.58. The van der Waals surface area contributed by atoms with E-state index in [1.54, 1.807) is 30.3 Å². The standard InChI is InChI=1S/C19H16O7/c1-25-16-10-15(20)14(19(24)12-5-3-2-4-6-12)9-13(16)11-26-18(23)8-7-17(21)22/h2-10,20H,11H2,1H3,(H,21,22)/b8-7-. The quantitative estimate of drug-likeness (QED) is 0.445. The highest BCUT2D eigenvalue weighted by Gasteiger charge is 2.18. The first-order valence-corrected chi connectivity index (χ1v) is 7.49. The molecule has 0 atom stereocenters. The molecular formula is C19H16O7. The third-order valence-corrected chi connectivity index (χ3v) is 3.41. The number of hydrogen-bond acceptors (Lipinski definition) is 6. The predicted octanol–water partition coefficient (Wildman–Crippen LogP) is 2.32. The van der Waals surface area contributed by atoms with Crippen LogP contribution in [0.2, 0.25) is 0 Å². The molecule has 0 heterocycles. The number of aromatic hydroxyl groups is 1. The van der Waals surface area contributed by atoms with Crippen molar-refractivity contribution in [2.24, 2.45) is 0 Å². The van der Waals surface area contributed by atoms with Gasteiger partial charge in [-0.3, -0.25) is 4.79 Å². The second-order valence-corrected chi connectivity index (χ2v) is 5.16. The van der Waals surface area contributed by atoms with Crippen molar-refractivity contribution in [3.8, 4) is 11.5 Å². The van der Waals surface area contributed by atoms with Crippen molar-refractivity contribution in [1.29, 1.82) is 0 Å². The minimum absolute atomic E-state index is 0.0316. The Bertz CT molecular complexity index is 854. The molecule has 0 amide bonds. The van der Waals surface area contributed by atoms with Crippen LogP contribution in [0.3, 0.4) is 0 Å². The lowest BCUT2D eigenvalue weighted by molar-refractivity contribution is -0.139. The maximum absolute atomic E-state index is 12.5. The van der Waals surface area contributed by atoms with Crippen molar-refractivity contribution in [2.45, 2.75) is 6.61 Å². The van der Waals surface area contributed by atoms with Crippen LogP contribution in [-0.4, -0.2) is 35.0 Å². The fourth-order valence-corrected chi connectivity index (χ4v) is 2.18. The predicted molar refractivity (Wildman–Crippen MR) is 91.1 cm³/mol. The number of ether oxygens (including phenoxy) is 2. The summed E-state index contributed by atoms with van der Waals surface area (Å²) in [7, 11) is 1.36. The SMILES string of the molecule is COc1cc(O)c(C(=O)c2ccccc2)cc1COC(=O)/C=C\C(=O)O. The number of carboxylic acids is 1. The first-order chi connectivity index (χ1) is 12.4. The Morgan fingerprint density at radius 1 is 1.08 bits per heavy atom. The molecule has 7 heteroatoms. The van der Waals surface area contributed by atoms with Gasteiger partial charge in [0.25, 0.3) is 0 Å². The van der Waals surface area contributed by atoms with E-state index in [0.29, 0.717) is 17.2 Å². The van der Waals surface area contributed by atoms with E-state index < -0.39 is 17.7 Å². The van der Waals surface area contributed by atoms with Crippen molar-refractivity contribution >= 4 is 17.7 Å². The number of carboxylic acid groups (broad SMARTS) is 1. The number of phenolic OH excluding ortho intramolecular Hbond substituents is 1. The summed E-state index contributed by atoms with van der Waals surface area (Å²) < 4.78 is 10.1. The average Bonchev–Trinajstić information content (AvgIpc) is 2.65. The van der Waals surface area contributed by atoms with E-state index in [2.05, 4.69) is 0 Å². The smallest absolute Gasteiger partial charge is 0.331 e. The summed E-state index contributed by atoms with van der Waals surface area (Å²) in [6.07, 6.45) is 1.42. The molecule has 134 valence electrons. The summed E-state index contributed by atoms with van der Waals surface area (Å²) >= 11 is 0. The van der Waals surface area contributed by atoms with E-state index in [4.69, 9.17) is 14.6 Å². The lowest BCUT2D eigenvalue weighted by Crippen LogP contribution is -2.07. The van der Waals surface area contributed by atoms with Crippen LogP contribution < -0.4 is 4.74 Å². The van der Waals surface area contributed by atoms with Gasteiger partial charge in [0.2, 0.25) is 0 Å². The molecule has 0 aromatic heterocycles. The number of esters is 1. The molecule has 2 aromatic carbocycles. The topological polar surface area (TPSA) is 110 Å². The van der Waals surface area contributed by atoms with Gasteiger partial charge >= 0.3 is 11.9 Å². The van der Waals surface area contributed by atoms with Crippen LogP contribution in [0.4, 0.5) is 0 Å². The number of carbonyl (C=O) groups is 3. The van der Waals surface area contributed by atoms with Crippen molar-refractivity contribution in [1.82, 2.24) is 0 Å². The highest BCUT2D eigenvalue weighted by atomic mass is 16.5. The fourth-order valence-electron chi connectivity index (χ4n) is 2.18. The maximum atomic E-state index is 12.5. The summed E-state index contributed by atoms with van der Waals surface area (Å²) in [6, 6.07) is 11.0. The summed E-state index contributed by atoms with van der Waals surface area (Å²) in [4.78, 5) is 34.4. The van der Waals surface area contributed by atoms with Gasteiger partial charge in [0, 0.05) is 29.3 Å². The van der Waals surface area contributed by atoms with Gasteiger partial charge in [-0.25, -0.2) is 9.59 Å². The molecule has 0 saturated heterocycles. The highest BCUT2D eigenvalue weighted by molar-refractivity contribution is 6.10. The van der Waals surface area contributed by atoms with Crippen molar-refractivity contribution in [3.05, 3.63) is 71.3 Å². The van der Waals surface area contributed by atoms with Crippen LogP contribution in [-0.2, 0) is 20.9 Å². The van der Waals surface area contributed by atoms with E-state index in [9.17, 15) is 19.5 Å². The monoisotopic (exact) mass is 356 g/mol. The van der Waals surface area contributed by atoms with Crippen LogP contribution in [0, 0.1) is 0 Å². The normalized spacial score (nSPS) is 10.5. The molecule has 2 N–H and O–H groups in total. The second kappa shape index (κ2) is 8.48. The zero-order chi connectivity index (χ0) is 19.1.